The monoisotopic (exact) mass is 335 g/mol. The molecule has 0 saturated carbocycles. The molecule has 2 amide bonds. The Morgan fingerprint density at radius 3 is 2.92 bits per heavy atom. The van der Waals surface area contributed by atoms with Crippen LogP contribution in [0, 0.1) is 6.92 Å². The molecule has 1 saturated heterocycles. The van der Waals surface area contributed by atoms with E-state index in [9.17, 15) is 9.59 Å². The summed E-state index contributed by atoms with van der Waals surface area (Å²) in [4.78, 5) is 28.9. The lowest BCUT2D eigenvalue weighted by Crippen LogP contribution is -2.49. The number of carbonyl (C=O) groups is 2. The van der Waals surface area contributed by atoms with Gasteiger partial charge in [0.25, 0.3) is 0 Å². The minimum absolute atomic E-state index is 0.167. The van der Waals surface area contributed by atoms with Gasteiger partial charge in [0, 0.05) is 30.8 Å². The molecule has 0 aromatic carbocycles. The molecule has 7 heteroatoms. The average molecular weight is 335 g/mol. The highest BCUT2D eigenvalue weighted by molar-refractivity contribution is 5.78. The molecule has 2 heterocycles. The summed E-state index contributed by atoms with van der Waals surface area (Å²) in [6.07, 6.45) is 2.41. The van der Waals surface area contributed by atoms with Crippen LogP contribution in [-0.2, 0) is 4.79 Å². The topological polar surface area (TPSA) is 91.8 Å². The van der Waals surface area contributed by atoms with Crippen LogP contribution in [0.2, 0.25) is 0 Å². The fourth-order valence-electron chi connectivity index (χ4n) is 2.85. The third kappa shape index (κ3) is 4.84. The number of carbonyl (C=O) groups excluding carboxylic acids is 1. The molecule has 1 aromatic rings. The lowest BCUT2D eigenvalue weighted by molar-refractivity contribution is -0.123. The molecule has 2 rings (SSSR count). The molecule has 1 aliphatic heterocycles. The number of amides is 2. The van der Waals surface area contributed by atoms with Crippen molar-refractivity contribution >= 4 is 12.0 Å². The Kier molecular flexibility index (Phi) is 5.64. The second-order valence-electron chi connectivity index (χ2n) is 6.82. The van der Waals surface area contributed by atoms with Crippen LogP contribution >= 0.6 is 0 Å². The fourth-order valence-corrected chi connectivity index (χ4v) is 2.85. The Hall–Kier alpha value is -2.31. The van der Waals surface area contributed by atoms with Gasteiger partial charge in [-0.2, -0.15) is 0 Å². The highest BCUT2D eigenvalue weighted by Gasteiger charge is 2.31. The van der Waals surface area contributed by atoms with Crippen LogP contribution in [0.15, 0.2) is 18.3 Å². The van der Waals surface area contributed by atoms with Gasteiger partial charge in [-0.3, -0.25) is 4.79 Å². The van der Waals surface area contributed by atoms with Gasteiger partial charge in [-0.05, 0) is 39.7 Å². The summed E-state index contributed by atoms with van der Waals surface area (Å²) in [5, 5.41) is 12.1. The Morgan fingerprint density at radius 2 is 2.25 bits per heavy atom. The molecule has 1 aliphatic rings. The van der Waals surface area contributed by atoms with Crippen LogP contribution in [0.5, 0.6) is 5.88 Å². The van der Waals surface area contributed by atoms with E-state index < -0.39 is 11.6 Å². The maximum atomic E-state index is 12.3. The molecule has 1 fully saturated rings. The summed E-state index contributed by atoms with van der Waals surface area (Å²) < 4.78 is 5.70. The maximum absolute atomic E-state index is 12.3. The van der Waals surface area contributed by atoms with Gasteiger partial charge >= 0.3 is 6.09 Å². The molecule has 0 spiro atoms. The first-order valence-corrected chi connectivity index (χ1v) is 8.13. The summed E-state index contributed by atoms with van der Waals surface area (Å²) >= 11 is 0. The van der Waals surface area contributed by atoms with Gasteiger partial charge in [0.1, 0.15) is 6.61 Å². The number of ether oxygens (including phenoxy) is 1. The number of aryl methyl sites for hydroxylation is 1. The van der Waals surface area contributed by atoms with Crippen LogP contribution in [0.4, 0.5) is 4.79 Å². The molecule has 0 aliphatic carbocycles. The third-order valence-electron chi connectivity index (χ3n) is 4.05. The van der Waals surface area contributed by atoms with E-state index in [1.54, 1.807) is 6.20 Å². The number of hydrogen-bond acceptors (Lipinski definition) is 4. The number of nitrogens with zero attached hydrogens (tertiary/aromatic N) is 2. The third-order valence-corrected chi connectivity index (χ3v) is 4.05. The fraction of sp³-hybridized carbons (Fsp3) is 0.588. The van der Waals surface area contributed by atoms with Crippen LogP contribution in [0.25, 0.3) is 0 Å². The van der Waals surface area contributed by atoms with Crippen LogP contribution in [0.3, 0.4) is 0 Å². The molecule has 24 heavy (non-hydrogen) atoms. The number of rotatable bonds is 6. The molecule has 1 atom stereocenters. The zero-order valence-corrected chi connectivity index (χ0v) is 14.4. The first kappa shape index (κ1) is 18.0. The number of aromatic nitrogens is 1. The quantitative estimate of drug-likeness (QED) is 0.831. The zero-order chi connectivity index (χ0) is 17.7. The van der Waals surface area contributed by atoms with Gasteiger partial charge in [0.2, 0.25) is 11.8 Å². The van der Waals surface area contributed by atoms with Crippen molar-refractivity contribution in [3.05, 3.63) is 23.9 Å². The Bertz CT molecular complexity index is 603. The summed E-state index contributed by atoms with van der Waals surface area (Å²) in [6.45, 7) is 6.43. The molecule has 0 unspecified atom stereocenters. The largest absolute Gasteiger partial charge is 0.475 e. The molecular weight excluding hydrogens is 310 g/mol. The summed E-state index contributed by atoms with van der Waals surface area (Å²) in [7, 11) is 0. The SMILES string of the molecule is Cc1cccnc1OCC(C)(C)NC(=O)C[C@@H]1CCCN1C(=O)O. The number of hydrogen-bond donors (Lipinski definition) is 2. The van der Waals surface area contributed by atoms with Gasteiger partial charge < -0.3 is 20.1 Å². The summed E-state index contributed by atoms with van der Waals surface area (Å²) in [5.41, 5.74) is 0.357. The van der Waals surface area contributed by atoms with Gasteiger partial charge in [-0.15, -0.1) is 0 Å². The molecule has 0 bridgehead atoms. The highest BCUT2D eigenvalue weighted by Crippen LogP contribution is 2.20. The van der Waals surface area contributed by atoms with Crippen molar-refractivity contribution in [2.75, 3.05) is 13.2 Å². The predicted octanol–water partition coefficient (Wildman–Crippen LogP) is 2.20. The van der Waals surface area contributed by atoms with Gasteiger partial charge in [0.15, 0.2) is 0 Å². The Morgan fingerprint density at radius 1 is 1.50 bits per heavy atom. The first-order chi connectivity index (χ1) is 11.3. The minimum atomic E-state index is -0.960. The van der Waals surface area contributed by atoms with Crippen molar-refractivity contribution in [2.24, 2.45) is 0 Å². The second kappa shape index (κ2) is 7.51. The molecule has 1 aromatic heterocycles. The molecular formula is C17H25N3O4. The van der Waals surface area contributed by atoms with Crippen LogP contribution < -0.4 is 10.1 Å². The van der Waals surface area contributed by atoms with E-state index >= 15 is 0 Å². The maximum Gasteiger partial charge on any atom is 0.407 e. The Labute approximate surface area is 142 Å². The van der Waals surface area contributed by atoms with E-state index in [1.807, 2.05) is 32.9 Å². The zero-order valence-electron chi connectivity index (χ0n) is 14.4. The molecule has 0 radical (unpaired) electrons. The lowest BCUT2D eigenvalue weighted by atomic mass is 10.1. The number of nitrogens with one attached hydrogen (secondary N) is 1. The van der Waals surface area contributed by atoms with Crippen LogP contribution in [-0.4, -0.2) is 51.7 Å². The van der Waals surface area contributed by atoms with Crippen molar-refractivity contribution in [1.29, 1.82) is 0 Å². The molecule has 2 N–H and O–H groups in total. The van der Waals surface area contributed by atoms with Gasteiger partial charge in [-0.25, -0.2) is 9.78 Å². The standard InChI is InChI=1S/C17H25N3O4/c1-12-6-4-8-18-15(12)24-11-17(2,3)19-14(21)10-13-7-5-9-20(13)16(22)23/h4,6,8,13H,5,7,9-11H2,1-3H3,(H,19,21)(H,22,23)/t13-/m0/s1. The van der Waals surface area contributed by atoms with E-state index in [4.69, 9.17) is 9.84 Å². The summed E-state index contributed by atoms with van der Waals surface area (Å²) in [5.74, 6) is 0.382. The minimum Gasteiger partial charge on any atom is -0.475 e. The number of likely N-dealkylation sites (tertiary alicyclic amines) is 1. The Balaban J connectivity index is 1.85. The number of pyridine rings is 1. The molecule has 7 nitrogen and oxygen atoms in total. The lowest BCUT2D eigenvalue weighted by Gasteiger charge is -2.28. The normalized spacial score (nSPS) is 17.6. The number of carboxylic acid groups (broad SMARTS) is 1. The van der Waals surface area contributed by atoms with Crippen molar-refractivity contribution in [2.45, 2.75) is 51.6 Å². The predicted molar refractivity (Wildman–Crippen MR) is 89.1 cm³/mol. The smallest absolute Gasteiger partial charge is 0.407 e. The highest BCUT2D eigenvalue weighted by atomic mass is 16.5. The van der Waals surface area contributed by atoms with Crippen molar-refractivity contribution in [1.82, 2.24) is 15.2 Å². The van der Waals surface area contributed by atoms with E-state index in [-0.39, 0.29) is 25.0 Å². The van der Waals surface area contributed by atoms with E-state index in [0.29, 0.717) is 12.4 Å². The molecule has 132 valence electrons. The van der Waals surface area contributed by atoms with E-state index in [2.05, 4.69) is 10.3 Å². The van der Waals surface area contributed by atoms with E-state index in [0.717, 1.165) is 18.4 Å². The van der Waals surface area contributed by atoms with Gasteiger partial charge in [-0.1, -0.05) is 6.07 Å². The summed E-state index contributed by atoms with van der Waals surface area (Å²) in [6, 6.07) is 3.51. The van der Waals surface area contributed by atoms with Crippen LogP contribution in [0.1, 0.15) is 38.7 Å². The van der Waals surface area contributed by atoms with Crippen molar-refractivity contribution in [3.63, 3.8) is 0 Å². The second-order valence-corrected chi connectivity index (χ2v) is 6.82. The average Bonchev–Trinajstić information content (AvgIpc) is 2.94. The van der Waals surface area contributed by atoms with Gasteiger partial charge in [0.05, 0.1) is 5.54 Å². The van der Waals surface area contributed by atoms with E-state index in [1.165, 1.54) is 4.90 Å². The first-order valence-electron chi connectivity index (χ1n) is 8.13. The van der Waals surface area contributed by atoms with Crippen molar-refractivity contribution in [3.8, 4) is 5.88 Å². The van der Waals surface area contributed by atoms with Crippen molar-refractivity contribution < 1.29 is 19.4 Å².